The van der Waals surface area contributed by atoms with E-state index in [1.807, 2.05) is 0 Å². The summed E-state index contributed by atoms with van der Waals surface area (Å²) in [4.78, 5) is 26.3. The Morgan fingerprint density at radius 2 is 1.77 bits per heavy atom. The molecule has 0 bridgehead atoms. The number of amides is 2. The van der Waals surface area contributed by atoms with Crippen LogP contribution in [0.4, 0.5) is 10.1 Å². The number of hydrogen-bond donors (Lipinski definition) is 0. The molecule has 0 unspecified atom stereocenters. The van der Waals surface area contributed by atoms with Gasteiger partial charge < -0.3 is 9.15 Å². The molecule has 2 saturated heterocycles. The molecule has 0 spiro atoms. The first-order valence-electron chi connectivity index (χ1n) is 10.6. The van der Waals surface area contributed by atoms with E-state index < -0.39 is 32.9 Å². The van der Waals surface area contributed by atoms with Crippen molar-refractivity contribution < 1.29 is 31.6 Å². The van der Waals surface area contributed by atoms with Gasteiger partial charge in [0.2, 0.25) is 27.7 Å². The number of carbonyl (C=O) groups excluding carboxylic acids is 2. The third kappa shape index (κ3) is 4.72. The monoisotopic (exact) mass is 518 g/mol. The molecule has 13 heteroatoms. The first kappa shape index (κ1) is 23.6. The molecule has 35 heavy (non-hydrogen) atoms. The lowest BCUT2D eigenvalue weighted by Crippen LogP contribution is -2.40. The highest BCUT2D eigenvalue weighted by molar-refractivity contribution is 8.00. The van der Waals surface area contributed by atoms with Crippen LogP contribution in [0.2, 0.25) is 0 Å². The molecule has 2 amide bonds. The fourth-order valence-electron chi connectivity index (χ4n) is 3.78. The van der Waals surface area contributed by atoms with Crippen molar-refractivity contribution in [3.05, 3.63) is 54.3 Å². The summed E-state index contributed by atoms with van der Waals surface area (Å²) < 4.78 is 51.3. The average molecular weight is 519 g/mol. The Hall–Kier alpha value is -3.13. The maximum Gasteiger partial charge on any atom is 0.277 e. The summed E-state index contributed by atoms with van der Waals surface area (Å²) in [5.74, 6) is -1.28. The molecule has 3 aromatic rings. The van der Waals surface area contributed by atoms with Crippen LogP contribution in [-0.4, -0.2) is 66.3 Å². The standard InChI is InChI=1S/C22H19FN4O6S2/c23-15-4-6-16(7-5-15)27-19(28)13-18(21(27)29)34-22-25-24-20(33-22)14-2-1-3-17(12-14)35(30,31)26-8-10-32-11-9-26/h1-7,12,18H,8-11,13H2/t18-/m1/s1. The molecule has 0 N–H and O–H groups in total. The third-order valence-corrected chi connectivity index (χ3v) is 8.44. The second kappa shape index (κ2) is 9.49. The molecule has 2 aromatic carbocycles. The van der Waals surface area contributed by atoms with Gasteiger partial charge in [0.05, 0.1) is 23.8 Å². The third-order valence-electron chi connectivity index (χ3n) is 5.53. The number of morpholine rings is 1. The van der Waals surface area contributed by atoms with Crippen LogP contribution in [0.1, 0.15) is 6.42 Å². The lowest BCUT2D eigenvalue weighted by Gasteiger charge is -2.26. The van der Waals surface area contributed by atoms with Crippen LogP contribution in [0.3, 0.4) is 0 Å². The zero-order valence-electron chi connectivity index (χ0n) is 18.2. The number of sulfonamides is 1. The molecule has 2 aliphatic heterocycles. The number of nitrogens with zero attached hydrogens (tertiary/aromatic N) is 4. The number of aromatic nitrogens is 2. The van der Waals surface area contributed by atoms with Crippen LogP contribution in [0, 0.1) is 5.82 Å². The number of thioether (sulfide) groups is 1. The number of carbonyl (C=O) groups is 2. The quantitative estimate of drug-likeness (QED) is 0.452. The number of ether oxygens (including phenoxy) is 1. The van der Waals surface area contributed by atoms with Gasteiger partial charge in [-0.25, -0.2) is 17.7 Å². The van der Waals surface area contributed by atoms with E-state index in [1.165, 1.54) is 40.7 Å². The van der Waals surface area contributed by atoms with Crippen molar-refractivity contribution in [3.63, 3.8) is 0 Å². The largest absolute Gasteiger partial charge is 0.411 e. The van der Waals surface area contributed by atoms with Gasteiger partial charge in [0.25, 0.3) is 5.22 Å². The maximum atomic E-state index is 13.2. The van der Waals surface area contributed by atoms with E-state index in [2.05, 4.69) is 10.2 Å². The fourth-order valence-corrected chi connectivity index (χ4v) is 6.12. The Morgan fingerprint density at radius 3 is 2.51 bits per heavy atom. The van der Waals surface area contributed by atoms with E-state index in [4.69, 9.17) is 9.15 Å². The van der Waals surface area contributed by atoms with E-state index in [-0.39, 0.29) is 41.2 Å². The predicted molar refractivity (Wildman–Crippen MR) is 122 cm³/mol. The summed E-state index contributed by atoms with van der Waals surface area (Å²) >= 11 is 0.946. The number of benzene rings is 2. The predicted octanol–water partition coefficient (Wildman–Crippen LogP) is 2.32. The normalized spacial score (nSPS) is 19.5. The molecule has 5 rings (SSSR count). The minimum atomic E-state index is -3.71. The zero-order chi connectivity index (χ0) is 24.6. The molecule has 1 aromatic heterocycles. The summed E-state index contributed by atoms with van der Waals surface area (Å²) in [6.45, 7) is 1.22. The topological polar surface area (TPSA) is 123 Å². The van der Waals surface area contributed by atoms with E-state index >= 15 is 0 Å². The van der Waals surface area contributed by atoms with Crippen molar-refractivity contribution in [1.82, 2.24) is 14.5 Å². The van der Waals surface area contributed by atoms with Crippen LogP contribution in [0.15, 0.2) is 63.1 Å². The van der Waals surface area contributed by atoms with Gasteiger partial charge in [-0.05, 0) is 42.5 Å². The number of hydrogen-bond acceptors (Lipinski definition) is 9. The van der Waals surface area contributed by atoms with Crippen molar-refractivity contribution in [3.8, 4) is 11.5 Å². The minimum Gasteiger partial charge on any atom is -0.411 e. The van der Waals surface area contributed by atoms with Gasteiger partial charge in [-0.3, -0.25) is 9.59 Å². The molecule has 1 atom stereocenters. The second-order valence-corrected chi connectivity index (χ2v) is 10.9. The van der Waals surface area contributed by atoms with Crippen molar-refractivity contribution in [2.24, 2.45) is 0 Å². The Bertz CT molecular complexity index is 1370. The van der Waals surface area contributed by atoms with Gasteiger partial charge in [-0.2, -0.15) is 4.31 Å². The number of halogens is 1. The van der Waals surface area contributed by atoms with E-state index in [0.717, 1.165) is 16.7 Å². The fraction of sp³-hybridized carbons (Fsp3) is 0.273. The number of imide groups is 1. The molecule has 2 fully saturated rings. The van der Waals surface area contributed by atoms with Crippen molar-refractivity contribution in [2.75, 3.05) is 31.2 Å². The van der Waals surface area contributed by atoms with E-state index in [0.29, 0.717) is 18.8 Å². The molecular weight excluding hydrogens is 499 g/mol. The molecule has 10 nitrogen and oxygen atoms in total. The minimum absolute atomic E-state index is 0.0635. The summed E-state index contributed by atoms with van der Waals surface area (Å²) in [5.41, 5.74) is 0.689. The summed E-state index contributed by atoms with van der Waals surface area (Å²) in [6, 6.07) is 11.2. The SMILES string of the molecule is O=C1C[C@@H](Sc2nnc(-c3cccc(S(=O)(=O)N4CCOCC4)c3)o2)C(=O)N1c1ccc(F)cc1. The molecule has 182 valence electrons. The first-order valence-corrected chi connectivity index (χ1v) is 13.0. The average Bonchev–Trinajstić information content (AvgIpc) is 3.44. The van der Waals surface area contributed by atoms with E-state index in [1.54, 1.807) is 12.1 Å². The summed E-state index contributed by atoms with van der Waals surface area (Å²) in [7, 11) is -3.71. The molecule has 2 aliphatic rings. The zero-order valence-corrected chi connectivity index (χ0v) is 19.8. The summed E-state index contributed by atoms with van der Waals surface area (Å²) in [5, 5.41) is 7.20. The van der Waals surface area contributed by atoms with Crippen molar-refractivity contribution in [2.45, 2.75) is 21.8 Å². The van der Waals surface area contributed by atoms with Gasteiger partial charge in [0.1, 0.15) is 11.1 Å². The molecular formula is C22H19FN4O6S2. The van der Waals surface area contributed by atoms with Crippen LogP contribution in [0.25, 0.3) is 11.5 Å². The van der Waals surface area contributed by atoms with Crippen LogP contribution >= 0.6 is 11.8 Å². The van der Waals surface area contributed by atoms with Gasteiger partial charge in [0.15, 0.2) is 0 Å². The van der Waals surface area contributed by atoms with Crippen molar-refractivity contribution in [1.29, 1.82) is 0 Å². The molecule has 0 radical (unpaired) electrons. The Balaban J connectivity index is 1.32. The van der Waals surface area contributed by atoms with Gasteiger partial charge in [0, 0.05) is 25.1 Å². The molecule has 3 heterocycles. The van der Waals surface area contributed by atoms with Gasteiger partial charge in [-0.1, -0.05) is 17.8 Å². The Morgan fingerprint density at radius 1 is 1.03 bits per heavy atom. The highest BCUT2D eigenvalue weighted by atomic mass is 32.2. The van der Waals surface area contributed by atoms with Crippen LogP contribution in [0.5, 0.6) is 0 Å². The van der Waals surface area contributed by atoms with Gasteiger partial charge >= 0.3 is 0 Å². The Kier molecular flexibility index (Phi) is 6.40. The van der Waals surface area contributed by atoms with Gasteiger partial charge in [-0.15, -0.1) is 10.2 Å². The van der Waals surface area contributed by atoms with Crippen LogP contribution in [-0.2, 0) is 24.3 Å². The first-order chi connectivity index (χ1) is 16.8. The smallest absolute Gasteiger partial charge is 0.277 e. The molecule has 0 aliphatic carbocycles. The molecule has 0 saturated carbocycles. The Labute approximate surface area is 204 Å². The maximum absolute atomic E-state index is 13.2. The lowest BCUT2D eigenvalue weighted by molar-refractivity contribution is -0.121. The van der Waals surface area contributed by atoms with Crippen molar-refractivity contribution >= 4 is 39.3 Å². The van der Waals surface area contributed by atoms with Crippen LogP contribution < -0.4 is 4.90 Å². The highest BCUT2D eigenvalue weighted by Crippen LogP contribution is 2.35. The highest BCUT2D eigenvalue weighted by Gasteiger charge is 2.41. The number of anilines is 1. The lowest BCUT2D eigenvalue weighted by atomic mass is 10.2. The second-order valence-electron chi connectivity index (χ2n) is 7.77. The van der Waals surface area contributed by atoms with E-state index in [9.17, 15) is 22.4 Å². The summed E-state index contributed by atoms with van der Waals surface area (Å²) in [6.07, 6.45) is -0.0775. The number of rotatable bonds is 6.